The number of nitrogens with zero attached hydrogens (tertiary/aromatic N) is 1. The van der Waals surface area contributed by atoms with Crippen LogP contribution in [-0.4, -0.2) is 22.7 Å². The van der Waals surface area contributed by atoms with Crippen LogP contribution in [0.1, 0.15) is 6.92 Å². The molecule has 0 saturated carbocycles. The second-order valence-electron chi connectivity index (χ2n) is 2.14. The number of allylic oxidation sites excluding steroid dienone is 2. The molecule has 1 atom stereocenters. The highest BCUT2D eigenvalue weighted by molar-refractivity contribution is 8.22. The largest absolute Gasteiger partial charge is 0.380 e. The van der Waals surface area contributed by atoms with Gasteiger partial charge in [-0.15, -0.1) is 11.1 Å². The summed E-state index contributed by atoms with van der Waals surface area (Å²) >= 11 is 5.36. The summed E-state index contributed by atoms with van der Waals surface area (Å²) in [6, 6.07) is 0. The molecular formula is C7H12ClNOS. The van der Waals surface area contributed by atoms with E-state index in [4.69, 9.17) is 16.7 Å². The average Bonchev–Trinajstić information content (AvgIpc) is 2.40. The van der Waals surface area contributed by atoms with E-state index in [0.29, 0.717) is 0 Å². The van der Waals surface area contributed by atoms with Gasteiger partial charge < -0.3 is 5.11 Å². The molecule has 0 saturated heterocycles. The highest BCUT2D eigenvalue weighted by Crippen LogP contribution is 2.45. The molecule has 1 rings (SSSR count). The molecule has 0 fully saturated rings. The molecule has 1 aliphatic heterocycles. The summed E-state index contributed by atoms with van der Waals surface area (Å²) < 4.78 is 2.79. The number of aliphatic hydroxyl groups is 1. The minimum Gasteiger partial charge on any atom is -0.380 e. The molecule has 2 nitrogen and oxygen atoms in total. The second-order valence-corrected chi connectivity index (χ2v) is 4.85. The lowest BCUT2D eigenvalue weighted by molar-refractivity contribution is 0.194. The van der Waals surface area contributed by atoms with E-state index in [1.165, 1.54) is 0 Å². The molecule has 0 amide bonds. The van der Waals surface area contributed by atoms with Crippen LogP contribution in [0, 0.1) is 0 Å². The predicted molar refractivity (Wildman–Crippen MR) is 51.5 cm³/mol. The highest BCUT2D eigenvalue weighted by atomic mass is 35.5. The van der Waals surface area contributed by atoms with Crippen molar-refractivity contribution in [3.8, 4) is 0 Å². The third kappa shape index (κ3) is 1.99. The van der Waals surface area contributed by atoms with Crippen LogP contribution in [0.3, 0.4) is 0 Å². The molecule has 4 heteroatoms. The second kappa shape index (κ2) is 4.16. The van der Waals surface area contributed by atoms with Crippen LogP contribution >= 0.6 is 22.7 Å². The van der Waals surface area contributed by atoms with E-state index in [1.807, 2.05) is 28.8 Å². The standard InChI is InChI=1S/C7H12ClNOS/c1-2-9(6-10)11-5-3-4-7(11)8/h3-5,10-11H,2,6H2,1H3. The molecule has 0 aliphatic carbocycles. The molecule has 1 unspecified atom stereocenters. The van der Waals surface area contributed by atoms with Crippen molar-refractivity contribution in [3.05, 3.63) is 21.9 Å². The molecule has 0 radical (unpaired) electrons. The molecule has 1 aliphatic rings. The topological polar surface area (TPSA) is 23.5 Å². The van der Waals surface area contributed by atoms with Gasteiger partial charge in [-0.3, -0.25) is 0 Å². The summed E-state index contributed by atoms with van der Waals surface area (Å²) in [7, 11) is 0. The van der Waals surface area contributed by atoms with Gasteiger partial charge in [-0.05, 0) is 11.5 Å². The summed E-state index contributed by atoms with van der Waals surface area (Å²) in [6.45, 7) is 2.92. The summed E-state index contributed by atoms with van der Waals surface area (Å²) in [6.07, 6.45) is 3.82. The fourth-order valence-electron chi connectivity index (χ4n) is 0.901. The van der Waals surface area contributed by atoms with Crippen molar-refractivity contribution in [1.29, 1.82) is 0 Å². The lowest BCUT2D eigenvalue weighted by atomic mass is 10.6. The number of hydrogen-bond acceptors (Lipinski definition) is 2. The molecule has 0 aromatic carbocycles. The first-order valence-electron chi connectivity index (χ1n) is 3.48. The van der Waals surface area contributed by atoms with Crippen molar-refractivity contribution in [3.63, 3.8) is 0 Å². The fourth-order valence-corrected chi connectivity index (χ4v) is 2.99. The zero-order valence-electron chi connectivity index (χ0n) is 6.37. The Balaban J connectivity index is 2.59. The molecule has 11 heavy (non-hydrogen) atoms. The first kappa shape index (κ1) is 9.13. The predicted octanol–water partition coefficient (Wildman–Crippen LogP) is 1.78. The first-order valence-corrected chi connectivity index (χ1v) is 5.22. The Morgan fingerprint density at radius 3 is 2.82 bits per heavy atom. The van der Waals surface area contributed by atoms with Crippen LogP contribution in [0.2, 0.25) is 0 Å². The SMILES string of the molecule is CCN(CO)[SH]1C=CC=C1Cl. The normalized spacial score (nSPS) is 26.2. The Kier molecular flexibility index (Phi) is 3.45. The minimum absolute atomic E-state index is 0.0800. The summed E-state index contributed by atoms with van der Waals surface area (Å²) in [5.41, 5.74) is 0. The number of aliphatic hydroxyl groups excluding tert-OH is 1. The molecule has 64 valence electrons. The van der Waals surface area contributed by atoms with Gasteiger partial charge in [0.2, 0.25) is 0 Å². The van der Waals surface area contributed by atoms with Gasteiger partial charge in [-0.1, -0.05) is 24.6 Å². The van der Waals surface area contributed by atoms with E-state index in [1.54, 1.807) is 0 Å². The third-order valence-corrected chi connectivity index (χ3v) is 4.22. The van der Waals surface area contributed by atoms with Crippen molar-refractivity contribution in [2.24, 2.45) is 0 Å². The zero-order chi connectivity index (χ0) is 8.27. The zero-order valence-corrected chi connectivity index (χ0v) is 8.02. The van der Waals surface area contributed by atoms with E-state index in [-0.39, 0.29) is 6.73 Å². The summed E-state index contributed by atoms with van der Waals surface area (Å²) in [5.74, 6) is 0. The fraction of sp³-hybridized carbons (Fsp3) is 0.429. The minimum atomic E-state index is -0.541. The van der Waals surface area contributed by atoms with Gasteiger partial charge in [0, 0.05) is 6.54 Å². The van der Waals surface area contributed by atoms with Crippen LogP contribution in [0.15, 0.2) is 21.9 Å². The molecule has 0 aromatic rings. The van der Waals surface area contributed by atoms with Crippen LogP contribution < -0.4 is 0 Å². The molecular weight excluding hydrogens is 182 g/mol. The number of halogens is 1. The summed E-state index contributed by atoms with van der Waals surface area (Å²) in [5, 5.41) is 11.0. The van der Waals surface area contributed by atoms with Gasteiger partial charge in [0.05, 0.1) is 4.36 Å². The van der Waals surface area contributed by atoms with E-state index < -0.39 is 11.1 Å². The van der Waals surface area contributed by atoms with Gasteiger partial charge >= 0.3 is 0 Å². The van der Waals surface area contributed by atoms with Crippen molar-refractivity contribution >= 4 is 22.7 Å². The quantitative estimate of drug-likeness (QED) is 0.528. The van der Waals surface area contributed by atoms with Gasteiger partial charge in [0.1, 0.15) is 6.73 Å². The van der Waals surface area contributed by atoms with E-state index >= 15 is 0 Å². The highest BCUT2D eigenvalue weighted by Gasteiger charge is 2.14. The maximum atomic E-state index is 8.93. The lowest BCUT2D eigenvalue weighted by Crippen LogP contribution is -2.19. The van der Waals surface area contributed by atoms with Crippen molar-refractivity contribution in [2.45, 2.75) is 6.92 Å². The maximum Gasteiger partial charge on any atom is 0.104 e. The van der Waals surface area contributed by atoms with Crippen LogP contribution in [0.4, 0.5) is 0 Å². The van der Waals surface area contributed by atoms with Crippen molar-refractivity contribution in [2.75, 3.05) is 13.3 Å². The van der Waals surface area contributed by atoms with E-state index in [2.05, 4.69) is 0 Å². The Morgan fingerprint density at radius 1 is 1.73 bits per heavy atom. The Bertz CT molecular complexity index is 189. The maximum absolute atomic E-state index is 8.93. The van der Waals surface area contributed by atoms with E-state index in [9.17, 15) is 0 Å². The molecule has 0 spiro atoms. The van der Waals surface area contributed by atoms with Crippen LogP contribution in [0.5, 0.6) is 0 Å². The molecule has 0 bridgehead atoms. The van der Waals surface area contributed by atoms with Gasteiger partial charge in [-0.2, -0.15) is 0 Å². The molecule has 1 heterocycles. The van der Waals surface area contributed by atoms with Gasteiger partial charge in [-0.25, -0.2) is 4.31 Å². The van der Waals surface area contributed by atoms with Crippen LogP contribution in [0.25, 0.3) is 0 Å². The Hall–Kier alpha value is 0.0400. The molecule has 0 aromatic heterocycles. The first-order chi connectivity index (χ1) is 5.29. The third-order valence-electron chi connectivity index (χ3n) is 1.51. The lowest BCUT2D eigenvalue weighted by Gasteiger charge is -2.27. The number of rotatable bonds is 3. The van der Waals surface area contributed by atoms with E-state index in [0.717, 1.165) is 10.9 Å². The Morgan fingerprint density at radius 2 is 2.45 bits per heavy atom. The van der Waals surface area contributed by atoms with Crippen molar-refractivity contribution < 1.29 is 5.11 Å². The monoisotopic (exact) mass is 193 g/mol. The van der Waals surface area contributed by atoms with Crippen LogP contribution in [-0.2, 0) is 0 Å². The Labute approximate surface area is 74.6 Å². The number of hydrogen-bond donors (Lipinski definition) is 2. The molecule has 1 N–H and O–H groups in total. The van der Waals surface area contributed by atoms with Gasteiger partial charge in [0.25, 0.3) is 0 Å². The van der Waals surface area contributed by atoms with Gasteiger partial charge in [0.15, 0.2) is 0 Å². The smallest absolute Gasteiger partial charge is 0.104 e. The number of thiol groups is 1. The van der Waals surface area contributed by atoms with Crippen molar-refractivity contribution in [1.82, 2.24) is 4.31 Å². The average molecular weight is 194 g/mol. The summed E-state index contributed by atoms with van der Waals surface area (Å²) in [4.78, 5) is 0.